The average Bonchev–Trinajstić information content (AvgIpc) is 0.941. The van der Waals surface area contributed by atoms with Gasteiger partial charge in [0.05, 0.1) is 26.4 Å². The zero-order valence-corrected chi connectivity index (χ0v) is 67.5. The second-order valence-electron chi connectivity index (χ2n) is 30.4. The van der Waals surface area contributed by atoms with Gasteiger partial charge in [0.15, 0.2) is 12.2 Å². The molecule has 0 amide bonds. The highest BCUT2D eigenvalue weighted by Crippen LogP contribution is 2.45. The molecule has 0 fully saturated rings. The first-order chi connectivity index (χ1) is 48.3. The van der Waals surface area contributed by atoms with Gasteiger partial charge in [-0.2, -0.15) is 0 Å². The normalized spacial score (nSPS) is 14.2. The topological polar surface area (TPSA) is 237 Å². The summed E-state index contributed by atoms with van der Waals surface area (Å²) in [5.41, 5.74) is 0. The summed E-state index contributed by atoms with van der Waals surface area (Å²) in [7, 11) is -9.92. The molecule has 0 aromatic carbocycles. The number of hydrogen-bond donors (Lipinski definition) is 3. The molecule has 0 aromatic heterocycles. The third kappa shape index (κ3) is 73.0. The SMILES string of the molecule is CCCCCCCCCCCCCCCCCCC(=O)OC[C@H](COP(=O)(O)OC[C@@H](O)COP(=O)(O)OC[C@@H](COC(=O)CCCCCCCCCCCCC(C)C)OC(=O)CCCCCCCCCCCCC(C)CC)OC(=O)CCCCCCCCCCCCCCCCC(C)C. The number of hydrogen-bond acceptors (Lipinski definition) is 15. The highest BCUT2D eigenvalue weighted by atomic mass is 31.2. The largest absolute Gasteiger partial charge is 0.472 e. The maximum absolute atomic E-state index is 13.1. The van der Waals surface area contributed by atoms with Crippen molar-refractivity contribution in [3.05, 3.63) is 0 Å². The zero-order chi connectivity index (χ0) is 73.7. The lowest BCUT2D eigenvalue weighted by atomic mass is 9.99. The Balaban J connectivity index is 5.28. The van der Waals surface area contributed by atoms with Crippen LogP contribution in [0, 0.1) is 17.8 Å². The molecule has 0 saturated carbocycles. The van der Waals surface area contributed by atoms with Gasteiger partial charge < -0.3 is 33.8 Å². The Kier molecular flexibility index (Phi) is 69.9. The van der Waals surface area contributed by atoms with E-state index in [1.54, 1.807) is 0 Å². The maximum Gasteiger partial charge on any atom is 0.472 e. The van der Waals surface area contributed by atoms with Gasteiger partial charge in [-0.15, -0.1) is 0 Å². The van der Waals surface area contributed by atoms with Crippen LogP contribution in [0.15, 0.2) is 0 Å². The monoisotopic (exact) mass is 1470 g/mol. The van der Waals surface area contributed by atoms with Crippen LogP contribution in [-0.2, 0) is 65.4 Å². The second-order valence-corrected chi connectivity index (χ2v) is 33.3. The number of rotatable bonds is 79. The van der Waals surface area contributed by atoms with Crippen LogP contribution in [0.2, 0.25) is 0 Å². The summed E-state index contributed by atoms with van der Waals surface area (Å²) in [6, 6.07) is 0. The Morgan fingerprint density at radius 1 is 0.290 bits per heavy atom. The van der Waals surface area contributed by atoms with Gasteiger partial charge >= 0.3 is 39.5 Å². The minimum Gasteiger partial charge on any atom is -0.462 e. The van der Waals surface area contributed by atoms with Gasteiger partial charge in [-0.1, -0.05) is 370 Å². The predicted molar refractivity (Wildman–Crippen MR) is 409 cm³/mol. The molecule has 0 spiro atoms. The molecule has 0 rings (SSSR count). The number of carbonyl (C=O) groups excluding carboxylic acids is 4. The number of esters is 4. The smallest absolute Gasteiger partial charge is 0.462 e. The van der Waals surface area contributed by atoms with Gasteiger partial charge in [0.25, 0.3) is 0 Å². The average molecular weight is 1470 g/mol. The fourth-order valence-corrected chi connectivity index (χ4v) is 14.0. The van der Waals surface area contributed by atoms with Gasteiger partial charge in [0, 0.05) is 25.7 Å². The maximum atomic E-state index is 13.1. The van der Waals surface area contributed by atoms with Crippen LogP contribution in [0.1, 0.15) is 421 Å². The number of aliphatic hydroxyl groups excluding tert-OH is 1. The Bertz CT molecular complexity index is 1940. The van der Waals surface area contributed by atoms with Crippen molar-refractivity contribution in [3.8, 4) is 0 Å². The van der Waals surface area contributed by atoms with Crippen LogP contribution in [-0.4, -0.2) is 96.7 Å². The van der Waals surface area contributed by atoms with Crippen molar-refractivity contribution in [3.63, 3.8) is 0 Å². The Morgan fingerprint density at radius 3 is 0.760 bits per heavy atom. The van der Waals surface area contributed by atoms with Crippen LogP contribution in [0.25, 0.3) is 0 Å². The summed E-state index contributed by atoms with van der Waals surface area (Å²) >= 11 is 0. The van der Waals surface area contributed by atoms with Crippen LogP contribution in [0.5, 0.6) is 0 Å². The van der Waals surface area contributed by atoms with E-state index in [0.29, 0.717) is 25.7 Å². The molecular formula is C81H158O17P2. The fraction of sp³-hybridized carbons (Fsp3) is 0.951. The van der Waals surface area contributed by atoms with Crippen molar-refractivity contribution in [2.24, 2.45) is 17.8 Å². The van der Waals surface area contributed by atoms with Crippen molar-refractivity contribution in [2.45, 2.75) is 439 Å². The molecule has 0 aliphatic carbocycles. The molecule has 0 aromatic rings. The summed E-state index contributed by atoms with van der Waals surface area (Å²) < 4.78 is 68.8. The Hall–Kier alpha value is -1.94. The molecule has 0 aliphatic heterocycles. The first kappa shape index (κ1) is 98.1. The van der Waals surface area contributed by atoms with E-state index in [0.717, 1.165) is 108 Å². The van der Waals surface area contributed by atoms with E-state index in [9.17, 15) is 43.2 Å². The summed E-state index contributed by atoms with van der Waals surface area (Å²) in [6.45, 7) is 12.0. The van der Waals surface area contributed by atoms with E-state index < -0.39 is 97.5 Å². The Labute approximate surface area is 613 Å². The van der Waals surface area contributed by atoms with Crippen molar-refractivity contribution in [1.29, 1.82) is 0 Å². The van der Waals surface area contributed by atoms with E-state index in [1.165, 1.54) is 231 Å². The number of ether oxygens (including phenoxy) is 4. The van der Waals surface area contributed by atoms with Crippen LogP contribution >= 0.6 is 15.6 Å². The summed E-state index contributed by atoms with van der Waals surface area (Å²) in [4.78, 5) is 73.1. The van der Waals surface area contributed by atoms with Crippen LogP contribution in [0.4, 0.5) is 0 Å². The summed E-state index contributed by atoms with van der Waals surface area (Å²) in [6.07, 6.45) is 59.5. The molecule has 0 heterocycles. The number of phosphoric acid groups is 2. The van der Waals surface area contributed by atoms with Gasteiger partial charge in [0.1, 0.15) is 19.3 Å². The minimum atomic E-state index is -4.96. The lowest BCUT2D eigenvalue weighted by Crippen LogP contribution is -2.30. The first-order valence-electron chi connectivity index (χ1n) is 41.9. The molecule has 19 heteroatoms. The molecule has 3 unspecified atom stereocenters. The molecule has 3 N–H and O–H groups in total. The number of carbonyl (C=O) groups is 4. The fourth-order valence-electron chi connectivity index (χ4n) is 12.5. The quantitative estimate of drug-likeness (QED) is 0.0222. The molecule has 0 aliphatic rings. The third-order valence-electron chi connectivity index (χ3n) is 19.2. The van der Waals surface area contributed by atoms with Crippen LogP contribution in [0.3, 0.4) is 0 Å². The van der Waals surface area contributed by atoms with E-state index in [2.05, 4.69) is 48.5 Å². The zero-order valence-electron chi connectivity index (χ0n) is 65.7. The lowest BCUT2D eigenvalue weighted by molar-refractivity contribution is -0.161. The standard InChI is InChI=1S/C81H158O17P2/c1-8-10-11-12-13-14-15-16-17-18-22-25-34-41-48-55-62-78(83)91-68-76(97-80(85)64-57-50-43-36-26-23-20-19-21-24-31-38-45-52-59-72(3)4)70-95-99(87,88)93-66-75(82)67-94-100(89,90)96-71-77(69-92-79(84)63-56-49-42-35-29-27-32-39-46-53-60-73(5)6)98-81(86)65-58-51-44-37-30-28-33-40-47-54-61-74(7)9-2/h72-77,82H,8-71H2,1-7H3,(H,87,88)(H,89,90)/t74?,75-,76-,77-/m1/s1. The molecule has 0 saturated heterocycles. The van der Waals surface area contributed by atoms with Gasteiger partial charge in [-0.25, -0.2) is 9.13 Å². The molecule has 17 nitrogen and oxygen atoms in total. The van der Waals surface area contributed by atoms with E-state index in [1.807, 2.05) is 0 Å². The Morgan fingerprint density at radius 2 is 0.510 bits per heavy atom. The first-order valence-corrected chi connectivity index (χ1v) is 44.9. The summed E-state index contributed by atoms with van der Waals surface area (Å²) in [5, 5.41) is 10.7. The van der Waals surface area contributed by atoms with Gasteiger partial charge in [-0.05, 0) is 43.4 Å². The summed E-state index contributed by atoms with van der Waals surface area (Å²) in [5.74, 6) is 0.247. The molecule has 0 radical (unpaired) electrons. The van der Waals surface area contributed by atoms with Crippen molar-refractivity contribution < 1.29 is 80.2 Å². The van der Waals surface area contributed by atoms with Gasteiger partial charge in [-0.3, -0.25) is 37.3 Å². The molecule has 100 heavy (non-hydrogen) atoms. The molecule has 0 bridgehead atoms. The highest BCUT2D eigenvalue weighted by molar-refractivity contribution is 7.47. The third-order valence-corrected chi connectivity index (χ3v) is 21.1. The molecule has 594 valence electrons. The van der Waals surface area contributed by atoms with E-state index in [4.69, 9.17) is 37.0 Å². The molecule has 6 atom stereocenters. The van der Waals surface area contributed by atoms with E-state index in [-0.39, 0.29) is 25.7 Å². The van der Waals surface area contributed by atoms with Gasteiger partial charge in [0.2, 0.25) is 0 Å². The minimum absolute atomic E-state index is 0.106. The van der Waals surface area contributed by atoms with Crippen LogP contribution < -0.4 is 0 Å². The number of phosphoric ester groups is 2. The van der Waals surface area contributed by atoms with Crippen molar-refractivity contribution in [1.82, 2.24) is 0 Å². The lowest BCUT2D eigenvalue weighted by Gasteiger charge is -2.21. The number of unbranched alkanes of at least 4 members (excludes halogenated alkanes) is 46. The second kappa shape index (κ2) is 71.3. The number of aliphatic hydroxyl groups is 1. The van der Waals surface area contributed by atoms with Crippen molar-refractivity contribution in [2.75, 3.05) is 39.6 Å². The highest BCUT2D eigenvalue weighted by Gasteiger charge is 2.30. The predicted octanol–water partition coefficient (Wildman–Crippen LogP) is 24.1. The van der Waals surface area contributed by atoms with E-state index >= 15 is 0 Å². The molecular weight excluding hydrogens is 1310 g/mol. The van der Waals surface area contributed by atoms with Crippen molar-refractivity contribution >= 4 is 39.5 Å².